The number of carbonyl (C=O) groups is 1. The van der Waals surface area contributed by atoms with E-state index >= 15 is 0 Å². The molecule has 0 radical (unpaired) electrons. The minimum Gasteiger partial charge on any atom is -0.353 e. The number of hydrogen-bond donors (Lipinski definition) is 1. The van der Waals surface area contributed by atoms with Crippen LogP contribution < -0.4 is 5.32 Å². The Kier molecular flexibility index (Phi) is 6.61. The van der Waals surface area contributed by atoms with Crippen molar-refractivity contribution in [2.75, 3.05) is 6.54 Å². The predicted octanol–water partition coefficient (Wildman–Crippen LogP) is 4.02. The SMILES string of the molecule is Cc1nnnn1C(Cc1ccc(F)cc1)C(=O)NCC(C)(C)c1cccc(C(F)(F)F)c1. The van der Waals surface area contributed by atoms with Crippen LogP contribution in [0.2, 0.25) is 0 Å². The average molecular weight is 449 g/mol. The number of amides is 1. The molecule has 0 spiro atoms. The summed E-state index contributed by atoms with van der Waals surface area (Å²) in [6, 6.07) is 9.98. The lowest BCUT2D eigenvalue weighted by atomic mass is 9.83. The molecule has 6 nitrogen and oxygen atoms in total. The molecule has 0 aliphatic rings. The van der Waals surface area contributed by atoms with Gasteiger partial charge >= 0.3 is 6.18 Å². The van der Waals surface area contributed by atoms with Crippen LogP contribution in [0.1, 0.15) is 42.4 Å². The van der Waals surface area contributed by atoms with E-state index in [4.69, 9.17) is 0 Å². The molecule has 0 aliphatic heterocycles. The zero-order chi connectivity index (χ0) is 23.5. The molecule has 1 amide bonds. The van der Waals surface area contributed by atoms with Crippen molar-refractivity contribution in [1.82, 2.24) is 25.5 Å². The topological polar surface area (TPSA) is 72.7 Å². The number of aryl methyl sites for hydroxylation is 1. The number of benzene rings is 2. The molecule has 0 fully saturated rings. The highest BCUT2D eigenvalue weighted by Crippen LogP contribution is 2.32. The molecule has 3 rings (SSSR count). The minimum absolute atomic E-state index is 0.0915. The first-order chi connectivity index (χ1) is 15.0. The van der Waals surface area contributed by atoms with E-state index in [-0.39, 0.29) is 13.0 Å². The zero-order valence-corrected chi connectivity index (χ0v) is 17.8. The summed E-state index contributed by atoms with van der Waals surface area (Å²) in [5, 5.41) is 14.1. The third-order valence-corrected chi connectivity index (χ3v) is 5.27. The lowest BCUT2D eigenvalue weighted by Gasteiger charge is -2.28. The van der Waals surface area contributed by atoms with Gasteiger partial charge in [-0.15, -0.1) is 5.10 Å². The number of nitrogens with one attached hydrogen (secondary N) is 1. The van der Waals surface area contributed by atoms with Crippen LogP contribution in [0.25, 0.3) is 0 Å². The van der Waals surface area contributed by atoms with Gasteiger partial charge in [-0.1, -0.05) is 44.2 Å². The van der Waals surface area contributed by atoms with Crippen molar-refractivity contribution in [2.24, 2.45) is 0 Å². The number of alkyl halides is 3. The summed E-state index contributed by atoms with van der Waals surface area (Å²) in [5.41, 5.74) is -0.361. The Balaban J connectivity index is 1.78. The molecule has 1 atom stereocenters. The molecule has 10 heteroatoms. The second kappa shape index (κ2) is 9.05. The van der Waals surface area contributed by atoms with Crippen molar-refractivity contribution in [3.63, 3.8) is 0 Å². The smallest absolute Gasteiger partial charge is 0.353 e. The number of aromatic nitrogens is 4. The normalized spacial score (nSPS) is 13.1. The minimum atomic E-state index is -4.45. The average Bonchev–Trinajstić information content (AvgIpc) is 3.16. The van der Waals surface area contributed by atoms with Gasteiger partial charge in [0.1, 0.15) is 17.7 Å². The van der Waals surface area contributed by atoms with Crippen LogP contribution >= 0.6 is 0 Å². The third-order valence-electron chi connectivity index (χ3n) is 5.27. The van der Waals surface area contributed by atoms with Crippen molar-refractivity contribution >= 4 is 5.91 Å². The first kappa shape index (κ1) is 23.4. The Morgan fingerprint density at radius 1 is 1.09 bits per heavy atom. The van der Waals surface area contributed by atoms with Crippen LogP contribution in [0, 0.1) is 12.7 Å². The fourth-order valence-corrected chi connectivity index (χ4v) is 3.30. The van der Waals surface area contributed by atoms with Crippen LogP contribution in [0.15, 0.2) is 48.5 Å². The van der Waals surface area contributed by atoms with Gasteiger partial charge in [-0.05, 0) is 46.7 Å². The maximum absolute atomic E-state index is 13.2. The molecule has 3 aromatic rings. The first-order valence-corrected chi connectivity index (χ1v) is 9.92. The van der Waals surface area contributed by atoms with Crippen molar-refractivity contribution in [3.05, 3.63) is 76.9 Å². The van der Waals surface area contributed by atoms with Gasteiger partial charge in [0.05, 0.1) is 5.56 Å². The molecule has 1 unspecified atom stereocenters. The number of halogens is 4. The van der Waals surface area contributed by atoms with Gasteiger partial charge in [-0.25, -0.2) is 9.07 Å². The summed E-state index contributed by atoms with van der Waals surface area (Å²) in [7, 11) is 0. The molecule has 0 saturated heterocycles. The lowest BCUT2D eigenvalue weighted by Crippen LogP contribution is -2.41. The van der Waals surface area contributed by atoms with Gasteiger partial charge in [0.2, 0.25) is 5.91 Å². The maximum atomic E-state index is 13.2. The molecule has 2 aromatic carbocycles. The molecule has 0 saturated carbocycles. The highest BCUT2D eigenvalue weighted by Gasteiger charge is 2.33. The largest absolute Gasteiger partial charge is 0.416 e. The lowest BCUT2D eigenvalue weighted by molar-refractivity contribution is -0.137. The Bertz CT molecular complexity index is 1080. The predicted molar refractivity (Wildman–Crippen MR) is 109 cm³/mol. The Hall–Kier alpha value is -3.30. The van der Waals surface area contributed by atoms with E-state index in [1.54, 1.807) is 39.0 Å². The van der Waals surface area contributed by atoms with Crippen molar-refractivity contribution in [2.45, 2.75) is 44.8 Å². The molecular weight excluding hydrogens is 426 g/mol. The van der Waals surface area contributed by atoms with Crippen molar-refractivity contribution in [1.29, 1.82) is 0 Å². The zero-order valence-electron chi connectivity index (χ0n) is 17.8. The summed E-state index contributed by atoms with van der Waals surface area (Å²) < 4.78 is 53.9. The molecule has 32 heavy (non-hydrogen) atoms. The summed E-state index contributed by atoms with van der Waals surface area (Å²) in [6.45, 7) is 5.24. The number of rotatable bonds is 7. The van der Waals surface area contributed by atoms with Crippen molar-refractivity contribution in [3.8, 4) is 0 Å². The van der Waals surface area contributed by atoms with E-state index in [0.29, 0.717) is 17.0 Å². The Morgan fingerprint density at radius 2 is 1.75 bits per heavy atom. The summed E-state index contributed by atoms with van der Waals surface area (Å²) >= 11 is 0. The van der Waals surface area contributed by atoms with Crippen LogP contribution in [0.3, 0.4) is 0 Å². The van der Waals surface area contributed by atoms with E-state index in [1.165, 1.54) is 22.9 Å². The number of carbonyl (C=O) groups excluding carboxylic acids is 1. The van der Waals surface area contributed by atoms with Crippen LogP contribution in [-0.2, 0) is 22.8 Å². The molecule has 170 valence electrons. The van der Waals surface area contributed by atoms with E-state index in [2.05, 4.69) is 20.8 Å². The molecule has 1 aromatic heterocycles. The Labute approximate surface area is 182 Å². The van der Waals surface area contributed by atoms with Crippen molar-refractivity contribution < 1.29 is 22.4 Å². The number of nitrogens with zero attached hydrogens (tertiary/aromatic N) is 4. The van der Waals surface area contributed by atoms with Gasteiger partial charge in [-0.3, -0.25) is 4.79 Å². The molecular formula is C22H23F4N5O. The van der Waals surface area contributed by atoms with Crippen LogP contribution in [0.5, 0.6) is 0 Å². The monoisotopic (exact) mass is 449 g/mol. The van der Waals surface area contributed by atoms with Gasteiger partial charge in [0.15, 0.2) is 0 Å². The second-order valence-electron chi connectivity index (χ2n) is 8.20. The van der Waals surface area contributed by atoms with Crippen LogP contribution in [-0.4, -0.2) is 32.7 Å². The van der Waals surface area contributed by atoms with Gasteiger partial charge < -0.3 is 5.32 Å². The molecule has 1 heterocycles. The summed E-state index contributed by atoms with van der Waals surface area (Å²) in [5.74, 6) is -0.370. The van der Waals surface area contributed by atoms with E-state index in [9.17, 15) is 22.4 Å². The number of hydrogen-bond acceptors (Lipinski definition) is 4. The fourth-order valence-electron chi connectivity index (χ4n) is 3.30. The first-order valence-electron chi connectivity index (χ1n) is 9.92. The standard InChI is InChI=1S/C22H23F4N5O/c1-14-28-29-30-31(14)19(11-15-7-9-18(23)10-8-15)20(32)27-13-21(2,3)16-5-4-6-17(12-16)22(24,25)26/h4-10,12,19H,11,13H2,1-3H3,(H,27,32). The van der Waals surface area contributed by atoms with E-state index in [1.807, 2.05) is 0 Å². The van der Waals surface area contributed by atoms with Gasteiger partial charge in [0, 0.05) is 18.4 Å². The highest BCUT2D eigenvalue weighted by atomic mass is 19.4. The van der Waals surface area contributed by atoms with E-state index < -0.39 is 34.9 Å². The summed E-state index contributed by atoms with van der Waals surface area (Å²) in [6.07, 6.45) is -4.24. The third kappa shape index (κ3) is 5.49. The summed E-state index contributed by atoms with van der Waals surface area (Å²) in [4.78, 5) is 13.1. The fraction of sp³-hybridized carbons (Fsp3) is 0.364. The second-order valence-corrected chi connectivity index (χ2v) is 8.20. The van der Waals surface area contributed by atoms with Gasteiger partial charge in [-0.2, -0.15) is 13.2 Å². The quantitative estimate of drug-likeness (QED) is 0.553. The molecule has 1 N–H and O–H groups in total. The number of tetrazole rings is 1. The highest BCUT2D eigenvalue weighted by molar-refractivity contribution is 5.80. The van der Waals surface area contributed by atoms with E-state index in [0.717, 1.165) is 12.1 Å². The molecule has 0 aliphatic carbocycles. The van der Waals surface area contributed by atoms with Gasteiger partial charge in [0.25, 0.3) is 0 Å². The molecule has 0 bridgehead atoms. The Morgan fingerprint density at radius 3 is 2.34 bits per heavy atom. The van der Waals surface area contributed by atoms with Crippen LogP contribution in [0.4, 0.5) is 17.6 Å². The maximum Gasteiger partial charge on any atom is 0.416 e.